The van der Waals surface area contributed by atoms with Crippen LogP contribution in [0.3, 0.4) is 0 Å². The molecule has 0 spiro atoms. The molecule has 3 nitrogen and oxygen atoms in total. The number of aromatic nitrogens is 1. The van der Waals surface area contributed by atoms with Crippen LogP contribution in [0.15, 0.2) is 10.8 Å². The molecule has 0 saturated carbocycles. The molecular weight excluding hydrogens is 130 g/mol. The smallest absolute Gasteiger partial charge is 0.182 e. The maximum absolute atomic E-state index is 9.22. The van der Waals surface area contributed by atoms with Gasteiger partial charge in [-0.15, -0.1) is 0 Å². The fourth-order valence-corrected chi connectivity index (χ4v) is 1.08. The molecule has 1 aromatic heterocycles. The van der Waals surface area contributed by atoms with Gasteiger partial charge in [-0.2, -0.15) is 0 Å². The molecule has 2 rings (SSSR count). The molecule has 1 N–H and O–H groups in total. The van der Waals surface area contributed by atoms with Crippen LogP contribution in [0.1, 0.15) is 12.8 Å². The van der Waals surface area contributed by atoms with Gasteiger partial charge in [0, 0.05) is 6.42 Å². The fourth-order valence-electron chi connectivity index (χ4n) is 1.08. The van der Waals surface area contributed by atoms with Gasteiger partial charge in [0.25, 0.3) is 0 Å². The number of aliphatic hydroxyl groups excluding tert-OH is 1. The second-order valence-corrected chi connectivity index (χ2v) is 2.25. The van der Waals surface area contributed by atoms with E-state index >= 15 is 0 Å². The Bertz CT molecular complexity index is 350. The van der Waals surface area contributed by atoms with Gasteiger partial charge >= 0.3 is 0 Å². The Labute approximate surface area is 57.3 Å². The molecule has 0 aliphatic heterocycles. The summed E-state index contributed by atoms with van der Waals surface area (Å²) in [5.74, 6) is 0.339. The lowest BCUT2D eigenvalue weighted by Gasteiger charge is -1.96. The summed E-state index contributed by atoms with van der Waals surface area (Å²) < 4.78 is 4.98. The van der Waals surface area contributed by atoms with Crippen LogP contribution < -0.4 is 10.8 Å². The first-order chi connectivity index (χ1) is 4.88. The first-order valence-electron chi connectivity index (χ1n) is 3.20. The monoisotopic (exact) mass is 137 g/mol. The van der Waals surface area contributed by atoms with Gasteiger partial charge in [0.15, 0.2) is 11.8 Å². The van der Waals surface area contributed by atoms with Gasteiger partial charge in [-0.3, -0.25) is 0 Å². The first kappa shape index (κ1) is 5.53. The molecule has 1 aliphatic rings. The Balaban J connectivity index is 2.91. The summed E-state index contributed by atoms with van der Waals surface area (Å²) >= 11 is 0. The maximum Gasteiger partial charge on any atom is 0.182 e. The zero-order valence-corrected chi connectivity index (χ0v) is 5.37. The van der Waals surface area contributed by atoms with Gasteiger partial charge in [-0.1, -0.05) is 0 Å². The topological polar surface area (TPSA) is 46.3 Å². The van der Waals surface area contributed by atoms with Crippen molar-refractivity contribution in [3.05, 3.63) is 17.2 Å². The van der Waals surface area contributed by atoms with E-state index in [1.54, 1.807) is 0 Å². The predicted octanol–water partition coefficient (Wildman–Crippen LogP) is -0.0849. The van der Waals surface area contributed by atoms with Crippen LogP contribution >= 0.6 is 0 Å². The number of aliphatic hydroxyl groups is 1. The van der Waals surface area contributed by atoms with E-state index in [1.807, 2.05) is 6.08 Å². The summed E-state index contributed by atoms with van der Waals surface area (Å²) in [7, 11) is 0. The summed E-state index contributed by atoms with van der Waals surface area (Å²) in [4.78, 5) is 3.85. The van der Waals surface area contributed by atoms with E-state index in [9.17, 15) is 5.11 Å². The van der Waals surface area contributed by atoms with E-state index in [0.717, 1.165) is 6.42 Å². The Morgan fingerprint density at radius 1 is 1.60 bits per heavy atom. The molecule has 0 saturated heterocycles. The molecule has 0 amide bonds. The largest absolute Gasteiger partial charge is 0.510 e. The molecule has 0 atom stereocenters. The third-order valence-electron chi connectivity index (χ3n) is 1.58. The molecular formula is C7H7NO2. The SMILES string of the molecule is OC1=c2ncoc2=CCC1. The maximum atomic E-state index is 9.22. The number of rotatable bonds is 0. The molecule has 1 aromatic rings. The minimum absolute atomic E-state index is 0.339. The van der Waals surface area contributed by atoms with Crippen LogP contribution in [0.5, 0.6) is 0 Å². The van der Waals surface area contributed by atoms with E-state index in [1.165, 1.54) is 6.39 Å². The Morgan fingerprint density at radius 2 is 2.50 bits per heavy atom. The van der Waals surface area contributed by atoms with Crippen molar-refractivity contribution in [1.82, 2.24) is 4.98 Å². The minimum atomic E-state index is 0.339. The van der Waals surface area contributed by atoms with Crippen LogP contribution in [0, 0.1) is 0 Å². The zero-order valence-electron chi connectivity index (χ0n) is 5.37. The van der Waals surface area contributed by atoms with Crippen molar-refractivity contribution in [3.63, 3.8) is 0 Å². The third kappa shape index (κ3) is 0.635. The number of hydrogen-bond acceptors (Lipinski definition) is 3. The normalized spacial score (nSPS) is 16.2. The fraction of sp³-hybridized carbons (Fsp3) is 0.286. The molecule has 0 fully saturated rings. The van der Waals surface area contributed by atoms with Gasteiger partial charge in [0.05, 0.1) is 0 Å². The average molecular weight is 137 g/mol. The lowest BCUT2D eigenvalue weighted by Crippen LogP contribution is -2.27. The summed E-state index contributed by atoms with van der Waals surface area (Å²) in [5, 5.41) is 9.83. The molecule has 3 heteroatoms. The van der Waals surface area contributed by atoms with Crippen molar-refractivity contribution in [1.29, 1.82) is 0 Å². The van der Waals surface area contributed by atoms with E-state index in [2.05, 4.69) is 4.98 Å². The molecule has 52 valence electrons. The Hall–Kier alpha value is -1.25. The summed E-state index contributed by atoms with van der Waals surface area (Å²) in [5.41, 5.74) is 0.698. The molecule has 1 aliphatic carbocycles. The minimum Gasteiger partial charge on any atom is -0.510 e. The van der Waals surface area contributed by atoms with Crippen LogP contribution in [0.4, 0.5) is 0 Å². The van der Waals surface area contributed by atoms with Crippen molar-refractivity contribution in [2.24, 2.45) is 0 Å². The Kier molecular flexibility index (Phi) is 1.03. The lowest BCUT2D eigenvalue weighted by molar-refractivity contribution is 0.468. The van der Waals surface area contributed by atoms with Gasteiger partial charge in [0.1, 0.15) is 11.1 Å². The molecule has 0 unspecified atom stereocenters. The highest BCUT2D eigenvalue weighted by molar-refractivity contribution is 5.39. The highest BCUT2D eigenvalue weighted by Crippen LogP contribution is 2.01. The lowest BCUT2D eigenvalue weighted by atomic mass is 10.2. The van der Waals surface area contributed by atoms with Crippen LogP contribution in [0.2, 0.25) is 0 Å². The summed E-state index contributed by atoms with van der Waals surface area (Å²) in [6.07, 6.45) is 4.80. The average Bonchev–Trinajstić information content (AvgIpc) is 2.36. The highest BCUT2D eigenvalue weighted by Gasteiger charge is 2.04. The van der Waals surface area contributed by atoms with E-state index in [4.69, 9.17) is 4.42 Å². The van der Waals surface area contributed by atoms with Crippen molar-refractivity contribution < 1.29 is 9.52 Å². The van der Waals surface area contributed by atoms with Crippen LogP contribution in [-0.2, 0) is 0 Å². The summed E-state index contributed by atoms with van der Waals surface area (Å²) in [6.45, 7) is 0. The van der Waals surface area contributed by atoms with Crippen molar-refractivity contribution in [2.75, 3.05) is 0 Å². The van der Waals surface area contributed by atoms with Gasteiger partial charge in [0.2, 0.25) is 0 Å². The van der Waals surface area contributed by atoms with Crippen molar-refractivity contribution >= 4 is 11.8 Å². The van der Waals surface area contributed by atoms with Crippen molar-refractivity contribution in [2.45, 2.75) is 12.8 Å². The quantitative estimate of drug-likeness (QED) is 0.543. The number of nitrogens with zero attached hydrogens (tertiary/aromatic N) is 1. The standard InChI is InChI=1S/C7H7NO2/c9-5-2-1-3-6-7(5)8-4-10-6/h3-4,9H,1-2H2. The van der Waals surface area contributed by atoms with E-state index in [0.29, 0.717) is 22.9 Å². The Morgan fingerprint density at radius 3 is 3.30 bits per heavy atom. The number of fused-ring (bicyclic) bond motifs is 1. The molecule has 0 aromatic carbocycles. The molecule has 0 bridgehead atoms. The number of oxazole rings is 1. The summed E-state index contributed by atoms with van der Waals surface area (Å²) in [6, 6.07) is 0. The second kappa shape index (κ2) is 1.87. The third-order valence-corrected chi connectivity index (χ3v) is 1.58. The number of hydrogen-bond donors (Lipinski definition) is 1. The van der Waals surface area contributed by atoms with Crippen molar-refractivity contribution in [3.8, 4) is 0 Å². The van der Waals surface area contributed by atoms with Crippen LogP contribution in [0.25, 0.3) is 11.8 Å². The second-order valence-electron chi connectivity index (χ2n) is 2.25. The van der Waals surface area contributed by atoms with Gasteiger partial charge in [-0.05, 0) is 12.5 Å². The molecule has 1 heterocycles. The van der Waals surface area contributed by atoms with Gasteiger partial charge < -0.3 is 9.52 Å². The van der Waals surface area contributed by atoms with E-state index < -0.39 is 0 Å². The highest BCUT2D eigenvalue weighted by atomic mass is 16.3. The molecule has 0 radical (unpaired) electrons. The van der Waals surface area contributed by atoms with Crippen LogP contribution in [-0.4, -0.2) is 10.1 Å². The van der Waals surface area contributed by atoms with E-state index in [-0.39, 0.29) is 0 Å². The zero-order chi connectivity index (χ0) is 6.97. The predicted molar refractivity (Wildman–Crippen MR) is 35.5 cm³/mol. The van der Waals surface area contributed by atoms with Gasteiger partial charge in [-0.25, -0.2) is 4.98 Å². The molecule has 10 heavy (non-hydrogen) atoms. The first-order valence-corrected chi connectivity index (χ1v) is 3.20.